The van der Waals surface area contributed by atoms with E-state index < -0.39 is 13.4 Å². The zero-order valence-corrected chi connectivity index (χ0v) is 31.6. The van der Waals surface area contributed by atoms with Crippen molar-refractivity contribution < 1.29 is 28.0 Å². The third-order valence-electron chi connectivity index (χ3n) is 8.33. The maximum Gasteiger partial charge on any atom is 0.472 e. The first-order valence-corrected chi connectivity index (χ1v) is 20.9. The quantitative estimate of drug-likeness (QED) is 0.0492. The molecule has 0 saturated carbocycles. The second-order valence-corrected chi connectivity index (χ2v) is 15.4. The summed E-state index contributed by atoms with van der Waals surface area (Å²) in [6.07, 6.45) is 24.4. The summed E-state index contributed by atoms with van der Waals surface area (Å²) < 4.78 is 35.6. The Morgan fingerprint density at radius 1 is 0.875 bits per heavy atom. The van der Waals surface area contributed by atoms with E-state index in [1.54, 1.807) is 0 Å². The van der Waals surface area contributed by atoms with Crippen molar-refractivity contribution in [2.75, 3.05) is 37.9 Å². The van der Waals surface area contributed by atoms with Gasteiger partial charge in [-0.2, -0.15) is 16.7 Å². The van der Waals surface area contributed by atoms with Gasteiger partial charge in [-0.15, -0.1) is 0 Å². The lowest BCUT2D eigenvalue weighted by Gasteiger charge is -2.24. The fourth-order valence-electron chi connectivity index (χ4n) is 5.50. The van der Waals surface area contributed by atoms with Crippen molar-refractivity contribution in [2.45, 2.75) is 154 Å². The fraction of sp³-hybridized carbons (Fsp3) is 0.853. The van der Waals surface area contributed by atoms with Crippen LogP contribution in [0.5, 0.6) is 0 Å². The van der Waals surface area contributed by atoms with Crippen LogP contribution < -0.4 is 11.3 Å². The molecular formula is C34H64N5O7PS. The second-order valence-electron chi connectivity index (χ2n) is 12.6. The Balaban J connectivity index is 1.60. The molecule has 278 valence electrons. The van der Waals surface area contributed by atoms with Crippen molar-refractivity contribution in [3.63, 3.8) is 0 Å². The maximum absolute atomic E-state index is 12.3. The third-order valence-corrected chi connectivity index (χ3v) is 10.9. The number of nitrogens with one attached hydrogen (secondary N) is 1. The van der Waals surface area contributed by atoms with Crippen molar-refractivity contribution in [1.29, 1.82) is 0 Å². The van der Waals surface area contributed by atoms with E-state index in [0.717, 1.165) is 6.42 Å². The van der Waals surface area contributed by atoms with Gasteiger partial charge in [0.05, 0.1) is 32.3 Å². The number of nitrogens with two attached hydrogens (primary N) is 1. The number of aromatic amines is 1. The van der Waals surface area contributed by atoms with E-state index in [4.69, 9.17) is 24.3 Å². The van der Waals surface area contributed by atoms with Gasteiger partial charge >= 0.3 is 7.82 Å². The molecule has 2 aromatic rings. The summed E-state index contributed by atoms with van der Waals surface area (Å²) in [6, 6.07) is 0. The Kier molecular flexibility index (Phi) is 23.4. The second kappa shape index (κ2) is 26.4. The molecule has 0 saturated heterocycles. The number of aromatic nitrogens is 4. The fourth-order valence-corrected chi connectivity index (χ4v) is 7.59. The van der Waals surface area contributed by atoms with Crippen LogP contribution in [-0.2, 0) is 29.8 Å². The molecule has 2 aromatic heterocycles. The number of nitrogen functional groups attached to an aromatic ring is 1. The van der Waals surface area contributed by atoms with Crippen molar-refractivity contribution in [3.05, 3.63) is 16.7 Å². The molecule has 3 atom stereocenters. The first-order chi connectivity index (χ1) is 23.3. The van der Waals surface area contributed by atoms with E-state index in [2.05, 4.69) is 47.5 Å². The normalized spacial score (nSPS) is 14.4. The topological polar surface area (TPSA) is 164 Å². The van der Waals surface area contributed by atoms with Gasteiger partial charge in [0, 0.05) is 11.9 Å². The zero-order chi connectivity index (χ0) is 34.9. The van der Waals surface area contributed by atoms with Gasteiger partial charge < -0.3 is 20.1 Å². The molecule has 14 heteroatoms. The molecule has 0 fully saturated rings. The highest BCUT2D eigenvalue weighted by Gasteiger charge is 2.21. The summed E-state index contributed by atoms with van der Waals surface area (Å²) in [5, 5.41) is 0.456. The van der Waals surface area contributed by atoms with E-state index in [-0.39, 0.29) is 49.8 Å². The smallest absolute Gasteiger partial charge is 0.377 e. The lowest BCUT2D eigenvalue weighted by molar-refractivity contribution is 0.0365. The Labute approximate surface area is 292 Å². The van der Waals surface area contributed by atoms with E-state index >= 15 is 0 Å². The molecule has 0 aliphatic heterocycles. The molecule has 3 unspecified atom stereocenters. The Bertz CT molecular complexity index is 1200. The minimum absolute atomic E-state index is 0.0132. The highest BCUT2D eigenvalue weighted by atomic mass is 32.2. The number of hydrogen-bond acceptors (Lipinski definition) is 10. The van der Waals surface area contributed by atoms with Crippen LogP contribution in [0.25, 0.3) is 11.2 Å². The Hall–Kier alpha value is -1.47. The van der Waals surface area contributed by atoms with Crippen molar-refractivity contribution in [2.24, 2.45) is 0 Å². The summed E-state index contributed by atoms with van der Waals surface area (Å²) >= 11 is 2.06. The molecule has 0 aliphatic carbocycles. The summed E-state index contributed by atoms with van der Waals surface area (Å²) in [5.74, 6) is 1.15. The highest BCUT2D eigenvalue weighted by Crippen LogP contribution is 2.43. The van der Waals surface area contributed by atoms with Crippen LogP contribution in [0.1, 0.15) is 136 Å². The van der Waals surface area contributed by atoms with Crippen LogP contribution in [0.15, 0.2) is 11.1 Å². The molecule has 4 N–H and O–H groups in total. The number of unbranched alkanes of at least 4 members (excludes halogenated alkanes) is 14. The first kappa shape index (κ1) is 42.7. The Morgan fingerprint density at radius 2 is 1.48 bits per heavy atom. The summed E-state index contributed by atoms with van der Waals surface area (Å²) in [7, 11) is -4.22. The first-order valence-electron chi connectivity index (χ1n) is 18.4. The van der Waals surface area contributed by atoms with Crippen molar-refractivity contribution in [3.8, 4) is 0 Å². The number of anilines is 1. The Morgan fingerprint density at radius 3 is 2.15 bits per heavy atom. The van der Waals surface area contributed by atoms with Crippen LogP contribution in [0, 0.1) is 0 Å². The van der Waals surface area contributed by atoms with E-state index in [1.165, 1.54) is 119 Å². The molecule has 0 bridgehead atoms. The lowest BCUT2D eigenvalue weighted by atomic mass is 10.1. The predicted molar refractivity (Wildman–Crippen MR) is 196 cm³/mol. The van der Waals surface area contributed by atoms with Crippen LogP contribution in [0.2, 0.25) is 0 Å². The van der Waals surface area contributed by atoms with E-state index in [1.807, 2.05) is 0 Å². The van der Waals surface area contributed by atoms with Gasteiger partial charge in [-0.3, -0.25) is 23.4 Å². The number of nitrogens with zero attached hydrogens (tertiary/aromatic N) is 3. The number of thioether (sulfide) groups is 1. The van der Waals surface area contributed by atoms with Gasteiger partial charge in [0.1, 0.15) is 6.73 Å². The minimum atomic E-state index is -4.22. The van der Waals surface area contributed by atoms with Gasteiger partial charge in [0.25, 0.3) is 5.56 Å². The number of H-pyrrole nitrogens is 1. The zero-order valence-electron chi connectivity index (χ0n) is 29.9. The van der Waals surface area contributed by atoms with Gasteiger partial charge in [0.15, 0.2) is 11.2 Å². The summed E-state index contributed by atoms with van der Waals surface area (Å²) in [4.78, 5) is 32.4. The molecule has 2 rings (SSSR count). The van der Waals surface area contributed by atoms with Gasteiger partial charge in [0.2, 0.25) is 5.95 Å². The van der Waals surface area contributed by atoms with Gasteiger partial charge in [-0.25, -0.2) is 9.55 Å². The molecule has 0 amide bonds. The molecule has 0 radical (unpaired) electrons. The summed E-state index contributed by atoms with van der Waals surface area (Å²) in [6.45, 7) is 7.06. The van der Waals surface area contributed by atoms with Crippen LogP contribution >= 0.6 is 19.6 Å². The summed E-state index contributed by atoms with van der Waals surface area (Å²) in [5.41, 5.74) is 5.59. The number of rotatable bonds is 32. The van der Waals surface area contributed by atoms with Gasteiger partial charge in [-0.1, -0.05) is 110 Å². The molecule has 0 aliphatic rings. The molecule has 0 spiro atoms. The number of phosphoric ester groups is 1. The highest BCUT2D eigenvalue weighted by molar-refractivity contribution is 7.99. The largest absolute Gasteiger partial charge is 0.472 e. The third kappa shape index (κ3) is 19.1. The minimum Gasteiger partial charge on any atom is -0.377 e. The van der Waals surface area contributed by atoms with Gasteiger partial charge in [-0.05, 0) is 31.9 Å². The lowest BCUT2D eigenvalue weighted by Crippen LogP contribution is -2.25. The maximum atomic E-state index is 12.3. The SMILES string of the molecule is CCCCCCCCCCCCSC(CCCCCCCC)C(C)OCCCOP(=O)(O)OCCOCn1cnc2c(=O)[nH]c(N)nc21. The van der Waals surface area contributed by atoms with E-state index in [0.29, 0.717) is 18.3 Å². The number of ether oxygens (including phenoxy) is 2. The standard InChI is InChI=1S/C34H64N5O7PS/c1-4-6-8-10-12-13-14-15-17-19-26-48-30(21-18-16-11-9-7-5-2)29(3)44-22-20-23-45-47(41,42)46-25-24-43-28-39-27-36-31-32(39)37-34(35)38-33(31)40/h27,29-30H,4-26,28H2,1-3H3,(H,41,42)(H3,35,37,38,40). The van der Waals surface area contributed by atoms with Crippen LogP contribution in [-0.4, -0.2) is 67.9 Å². The van der Waals surface area contributed by atoms with Crippen molar-refractivity contribution >= 4 is 36.7 Å². The molecule has 2 heterocycles. The average Bonchev–Trinajstić information content (AvgIpc) is 3.46. The number of fused-ring (bicyclic) bond motifs is 1. The van der Waals surface area contributed by atoms with Crippen LogP contribution in [0.4, 0.5) is 5.95 Å². The predicted octanol–water partition coefficient (Wildman–Crippen LogP) is 8.38. The molecule has 48 heavy (non-hydrogen) atoms. The number of imidazole rings is 1. The molecule has 0 aromatic carbocycles. The molecular weight excluding hydrogens is 653 g/mol. The monoisotopic (exact) mass is 717 g/mol. The van der Waals surface area contributed by atoms with Crippen LogP contribution in [0.3, 0.4) is 0 Å². The van der Waals surface area contributed by atoms with Crippen molar-refractivity contribution in [1.82, 2.24) is 19.5 Å². The average molecular weight is 718 g/mol. The van der Waals surface area contributed by atoms with E-state index in [9.17, 15) is 14.3 Å². The number of phosphoric acid groups is 1. The number of hydrogen-bond donors (Lipinski definition) is 3. The molecule has 12 nitrogen and oxygen atoms in total.